The summed E-state index contributed by atoms with van der Waals surface area (Å²) in [6, 6.07) is 10.2. The van der Waals surface area contributed by atoms with Crippen molar-refractivity contribution in [2.45, 2.75) is 20.5 Å². The van der Waals surface area contributed by atoms with Gasteiger partial charge < -0.3 is 4.74 Å². The Kier molecular flexibility index (Phi) is 3.99. The highest BCUT2D eigenvalue weighted by atomic mass is 16.6. The minimum atomic E-state index is -0.628. The maximum Gasteiger partial charge on any atom is 0.420 e. The number of ether oxygens (including phenoxy) is 1. The van der Waals surface area contributed by atoms with E-state index in [2.05, 4.69) is 4.98 Å². The van der Waals surface area contributed by atoms with Gasteiger partial charge in [-0.05, 0) is 37.6 Å². The Hall–Kier alpha value is -3.22. The number of aromatic nitrogens is 2. The minimum Gasteiger partial charge on any atom is -0.444 e. The molecular weight excluding hydrogens is 310 g/mol. The lowest BCUT2D eigenvalue weighted by atomic mass is 10.1. The number of nitrogens with zero attached hydrogens (tertiary/aromatic N) is 3. The predicted octanol–water partition coefficient (Wildman–Crippen LogP) is 3.75. The number of carbonyl (C=O) groups is 1. The highest BCUT2D eigenvalue weighted by molar-refractivity contribution is 5.86. The van der Waals surface area contributed by atoms with Crippen LogP contribution in [0, 0.1) is 24.0 Å². The summed E-state index contributed by atoms with van der Waals surface area (Å²) >= 11 is 0. The first-order valence-electron chi connectivity index (χ1n) is 7.30. The predicted molar refractivity (Wildman–Crippen MR) is 87.9 cm³/mol. The van der Waals surface area contributed by atoms with Crippen molar-refractivity contribution in [1.29, 1.82) is 0 Å². The number of imidazole rings is 1. The van der Waals surface area contributed by atoms with Crippen molar-refractivity contribution >= 4 is 22.8 Å². The number of rotatable bonds is 3. The van der Waals surface area contributed by atoms with Crippen LogP contribution in [0.1, 0.15) is 16.7 Å². The van der Waals surface area contributed by atoms with Gasteiger partial charge in [-0.1, -0.05) is 17.7 Å². The lowest BCUT2D eigenvalue weighted by molar-refractivity contribution is -0.385. The molecule has 0 aliphatic rings. The molecule has 0 saturated carbocycles. The molecule has 7 nitrogen and oxygen atoms in total. The van der Waals surface area contributed by atoms with Gasteiger partial charge in [-0.15, -0.1) is 0 Å². The summed E-state index contributed by atoms with van der Waals surface area (Å²) < 4.78 is 6.52. The Balaban J connectivity index is 1.83. The molecular formula is C17H15N3O4. The minimum absolute atomic E-state index is 0.0699. The van der Waals surface area contributed by atoms with E-state index in [9.17, 15) is 14.9 Å². The standard InChI is InChI=1S/C17H15N3O4/c1-11-3-5-15(20(22)23)13(7-11)9-24-17(21)19-10-18-14-8-12(2)4-6-16(14)19/h3-8,10H,9H2,1-2H3. The van der Waals surface area contributed by atoms with Crippen LogP contribution in [0.5, 0.6) is 0 Å². The van der Waals surface area contributed by atoms with E-state index in [-0.39, 0.29) is 12.3 Å². The van der Waals surface area contributed by atoms with E-state index in [1.165, 1.54) is 17.0 Å². The topological polar surface area (TPSA) is 87.3 Å². The molecule has 0 amide bonds. The zero-order valence-electron chi connectivity index (χ0n) is 13.2. The van der Waals surface area contributed by atoms with Crippen molar-refractivity contribution in [2.24, 2.45) is 0 Å². The van der Waals surface area contributed by atoms with Gasteiger partial charge in [0.1, 0.15) is 12.9 Å². The van der Waals surface area contributed by atoms with E-state index < -0.39 is 11.0 Å². The molecule has 3 rings (SSSR count). The van der Waals surface area contributed by atoms with Crippen LogP contribution in [0.25, 0.3) is 11.0 Å². The molecule has 0 bridgehead atoms. The molecule has 1 heterocycles. The fraction of sp³-hybridized carbons (Fsp3) is 0.176. The summed E-state index contributed by atoms with van der Waals surface area (Å²) in [5, 5.41) is 11.1. The summed E-state index contributed by atoms with van der Waals surface area (Å²) in [5.41, 5.74) is 3.50. The molecule has 0 N–H and O–H groups in total. The molecule has 0 spiro atoms. The first-order valence-corrected chi connectivity index (χ1v) is 7.30. The molecule has 7 heteroatoms. The quantitative estimate of drug-likeness (QED) is 0.540. The molecule has 0 saturated heterocycles. The van der Waals surface area contributed by atoms with Crippen molar-refractivity contribution in [2.75, 3.05) is 0 Å². The van der Waals surface area contributed by atoms with E-state index in [0.717, 1.165) is 11.1 Å². The molecule has 0 radical (unpaired) electrons. The lowest BCUT2D eigenvalue weighted by Gasteiger charge is -2.07. The van der Waals surface area contributed by atoms with Crippen molar-refractivity contribution in [1.82, 2.24) is 9.55 Å². The first-order chi connectivity index (χ1) is 11.5. The Morgan fingerprint density at radius 2 is 1.92 bits per heavy atom. The fourth-order valence-corrected chi connectivity index (χ4v) is 2.49. The van der Waals surface area contributed by atoms with Crippen LogP contribution in [0.4, 0.5) is 10.5 Å². The Bertz CT molecular complexity index is 946. The van der Waals surface area contributed by atoms with Crippen LogP contribution >= 0.6 is 0 Å². The van der Waals surface area contributed by atoms with Crippen LogP contribution in [0.3, 0.4) is 0 Å². The van der Waals surface area contributed by atoms with Crippen molar-refractivity contribution in [3.63, 3.8) is 0 Å². The molecule has 0 fully saturated rings. The summed E-state index contributed by atoms with van der Waals surface area (Å²) in [7, 11) is 0. The van der Waals surface area contributed by atoms with Gasteiger partial charge in [-0.25, -0.2) is 14.3 Å². The van der Waals surface area contributed by atoms with Crippen LogP contribution in [0.2, 0.25) is 0 Å². The number of hydrogen-bond acceptors (Lipinski definition) is 5. The normalized spacial score (nSPS) is 10.8. The number of aryl methyl sites for hydroxylation is 2. The molecule has 122 valence electrons. The summed E-state index contributed by atoms with van der Waals surface area (Å²) in [6.45, 7) is 3.58. The molecule has 0 aliphatic heterocycles. The van der Waals surface area contributed by atoms with Crippen molar-refractivity contribution in [3.8, 4) is 0 Å². The number of nitro groups is 1. The van der Waals surface area contributed by atoms with Crippen LogP contribution in [-0.4, -0.2) is 20.6 Å². The van der Waals surface area contributed by atoms with Crippen molar-refractivity contribution in [3.05, 3.63) is 69.5 Å². The van der Waals surface area contributed by atoms with Crippen LogP contribution in [0.15, 0.2) is 42.7 Å². The Morgan fingerprint density at radius 1 is 1.21 bits per heavy atom. The van der Waals surface area contributed by atoms with Gasteiger partial charge in [0.25, 0.3) is 5.69 Å². The van der Waals surface area contributed by atoms with Gasteiger partial charge in [0.05, 0.1) is 21.5 Å². The van der Waals surface area contributed by atoms with E-state index in [1.54, 1.807) is 18.2 Å². The molecule has 2 aromatic carbocycles. The molecule has 3 aromatic rings. The molecule has 0 atom stereocenters. The highest BCUT2D eigenvalue weighted by Crippen LogP contribution is 2.21. The second kappa shape index (κ2) is 6.11. The van der Waals surface area contributed by atoms with Gasteiger partial charge in [-0.3, -0.25) is 10.1 Å². The van der Waals surface area contributed by atoms with Gasteiger partial charge in [0, 0.05) is 6.07 Å². The summed E-state index contributed by atoms with van der Waals surface area (Å²) in [4.78, 5) is 27.0. The van der Waals surface area contributed by atoms with E-state index >= 15 is 0 Å². The molecule has 24 heavy (non-hydrogen) atoms. The van der Waals surface area contributed by atoms with Gasteiger partial charge in [0.2, 0.25) is 0 Å². The number of carbonyl (C=O) groups excluding carboxylic acids is 1. The highest BCUT2D eigenvalue weighted by Gasteiger charge is 2.17. The van der Waals surface area contributed by atoms with Gasteiger partial charge in [-0.2, -0.15) is 0 Å². The number of hydrogen-bond donors (Lipinski definition) is 0. The second-order valence-electron chi connectivity index (χ2n) is 5.55. The van der Waals surface area contributed by atoms with Crippen LogP contribution < -0.4 is 0 Å². The summed E-state index contributed by atoms with van der Waals surface area (Å²) in [5.74, 6) is 0. The fourth-order valence-electron chi connectivity index (χ4n) is 2.49. The maximum absolute atomic E-state index is 12.3. The Labute approximate surface area is 137 Å². The summed E-state index contributed by atoms with van der Waals surface area (Å²) in [6.07, 6.45) is 0.758. The number of fused-ring (bicyclic) bond motifs is 1. The molecule has 0 unspecified atom stereocenters. The van der Waals surface area contributed by atoms with Crippen LogP contribution in [-0.2, 0) is 11.3 Å². The molecule has 0 aliphatic carbocycles. The largest absolute Gasteiger partial charge is 0.444 e. The third-order valence-electron chi connectivity index (χ3n) is 3.68. The van der Waals surface area contributed by atoms with E-state index in [0.29, 0.717) is 16.6 Å². The van der Waals surface area contributed by atoms with Gasteiger partial charge >= 0.3 is 6.09 Å². The first kappa shape index (κ1) is 15.7. The third-order valence-corrected chi connectivity index (χ3v) is 3.68. The number of benzene rings is 2. The smallest absolute Gasteiger partial charge is 0.420 e. The third kappa shape index (κ3) is 2.96. The molecule has 1 aromatic heterocycles. The van der Waals surface area contributed by atoms with E-state index in [1.807, 2.05) is 26.0 Å². The number of nitro benzene ring substituents is 1. The van der Waals surface area contributed by atoms with Crippen molar-refractivity contribution < 1.29 is 14.5 Å². The van der Waals surface area contributed by atoms with Gasteiger partial charge in [0.15, 0.2) is 0 Å². The SMILES string of the molecule is Cc1ccc([N+](=O)[O-])c(COC(=O)n2cnc3cc(C)ccc32)c1. The lowest BCUT2D eigenvalue weighted by Crippen LogP contribution is -2.13. The monoisotopic (exact) mass is 325 g/mol. The average Bonchev–Trinajstić information content (AvgIpc) is 2.95. The zero-order valence-corrected chi connectivity index (χ0v) is 13.2. The Morgan fingerprint density at radius 3 is 2.67 bits per heavy atom. The average molecular weight is 325 g/mol. The maximum atomic E-state index is 12.3. The zero-order chi connectivity index (χ0) is 17.3. The van der Waals surface area contributed by atoms with E-state index in [4.69, 9.17) is 4.74 Å². The second-order valence-corrected chi connectivity index (χ2v) is 5.55.